The van der Waals surface area contributed by atoms with E-state index in [0.29, 0.717) is 0 Å². The van der Waals surface area contributed by atoms with Crippen molar-refractivity contribution in [1.29, 1.82) is 0 Å². The Balaban J connectivity index is 2.00. The van der Waals surface area contributed by atoms with Crippen LogP contribution in [0.4, 0.5) is 0 Å². The Morgan fingerprint density at radius 1 is 0.957 bits per heavy atom. The summed E-state index contributed by atoms with van der Waals surface area (Å²) in [5.74, 6) is 1.86. The third-order valence-corrected chi connectivity index (χ3v) is 4.66. The maximum atomic E-state index is 6.29. The molecular formula is C21H17NO. The first-order valence-electron chi connectivity index (χ1n) is 7.97. The monoisotopic (exact) mass is 299 g/mol. The SMILES string of the molecule is CC1(C)C=Cc2c3n(c4ccccc24)-c2ccccc2OC3=C1. The number of hydrogen-bond donors (Lipinski definition) is 0. The van der Waals surface area contributed by atoms with Crippen LogP contribution in [-0.4, -0.2) is 4.57 Å². The molecule has 2 nitrogen and oxygen atoms in total. The number of aromatic nitrogens is 1. The van der Waals surface area contributed by atoms with Gasteiger partial charge in [-0.15, -0.1) is 0 Å². The van der Waals surface area contributed by atoms with Gasteiger partial charge >= 0.3 is 0 Å². The Morgan fingerprint density at radius 3 is 2.65 bits per heavy atom. The van der Waals surface area contributed by atoms with Crippen LogP contribution in [0.5, 0.6) is 5.75 Å². The van der Waals surface area contributed by atoms with Gasteiger partial charge in [-0.05, 0) is 24.3 Å². The van der Waals surface area contributed by atoms with Crippen LogP contribution in [0.1, 0.15) is 25.1 Å². The van der Waals surface area contributed by atoms with Gasteiger partial charge in [-0.1, -0.05) is 56.3 Å². The lowest BCUT2D eigenvalue weighted by atomic mass is 9.92. The zero-order chi connectivity index (χ0) is 15.6. The number of ether oxygens (including phenoxy) is 1. The van der Waals surface area contributed by atoms with E-state index in [1.807, 2.05) is 12.1 Å². The lowest BCUT2D eigenvalue weighted by Crippen LogP contribution is -2.13. The number of benzene rings is 2. The number of allylic oxidation sites excluding steroid dienone is 2. The quantitative estimate of drug-likeness (QED) is 0.541. The van der Waals surface area contributed by atoms with Gasteiger partial charge in [0.1, 0.15) is 5.76 Å². The molecule has 23 heavy (non-hydrogen) atoms. The fraction of sp³-hybridized carbons (Fsp3) is 0.143. The van der Waals surface area contributed by atoms with Gasteiger partial charge in [-0.25, -0.2) is 0 Å². The molecule has 0 unspecified atom stereocenters. The van der Waals surface area contributed by atoms with Crippen molar-refractivity contribution in [3.05, 3.63) is 71.9 Å². The maximum absolute atomic E-state index is 6.29. The minimum absolute atomic E-state index is 0.0351. The molecule has 0 radical (unpaired) electrons. The summed E-state index contributed by atoms with van der Waals surface area (Å²) in [7, 11) is 0. The first kappa shape index (κ1) is 12.8. The summed E-state index contributed by atoms with van der Waals surface area (Å²) < 4.78 is 8.62. The lowest BCUT2D eigenvalue weighted by molar-refractivity contribution is 0.482. The highest BCUT2D eigenvalue weighted by molar-refractivity contribution is 5.98. The van der Waals surface area contributed by atoms with Gasteiger partial charge in [0.05, 0.1) is 16.9 Å². The number of nitrogens with zero attached hydrogens (tertiary/aromatic N) is 1. The normalized spacial score (nSPS) is 17.0. The summed E-state index contributed by atoms with van der Waals surface area (Å²) in [5, 5.41) is 1.27. The largest absolute Gasteiger partial charge is 0.453 e. The molecule has 1 aromatic heterocycles. The van der Waals surface area contributed by atoms with Crippen molar-refractivity contribution in [3.63, 3.8) is 0 Å². The van der Waals surface area contributed by atoms with Crippen molar-refractivity contribution in [2.45, 2.75) is 13.8 Å². The van der Waals surface area contributed by atoms with E-state index in [2.05, 4.69) is 73.0 Å². The van der Waals surface area contributed by atoms with Crippen molar-refractivity contribution >= 4 is 22.7 Å². The van der Waals surface area contributed by atoms with E-state index in [0.717, 1.165) is 22.9 Å². The van der Waals surface area contributed by atoms with Crippen LogP contribution in [0.25, 0.3) is 28.4 Å². The first-order valence-corrected chi connectivity index (χ1v) is 7.97. The molecule has 0 fully saturated rings. The average Bonchev–Trinajstić information content (AvgIpc) is 2.81. The van der Waals surface area contributed by atoms with Gasteiger partial charge in [0, 0.05) is 16.4 Å². The van der Waals surface area contributed by atoms with Crippen LogP contribution in [0.2, 0.25) is 0 Å². The molecule has 5 rings (SSSR count). The highest BCUT2D eigenvalue weighted by Gasteiger charge is 2.30. The number of hydrogen-bond acceptors (Lipinski definition) is 1. The minimum atomic E-state index is -0.0351. The van der Waals surface area contributed by atoms with E-state index in [-0.39, 0.29) is 5.41 Å². The summed E-state index contributed by atoms with van der Waals surface area (Å²) in [6.45, 7) is 4.41. The second kappa shape index (κ2) is 4.17. The van der Waals surface area contributed by atoms with Crippen LogP contribution >= 0.6 is 0 Å². The first-order chi connectivity index (χ1) is 11.1. The predicted molar refractivity (Wildman–Crippen MR) is 94.7 cm³/mol. The average molecular weight is 299 g/mol. The van der Waals surface area contributed by atoms with Gasteiger partial charge in [-0.3, -0.25) is 0 Å². The molecule has 3 aromatic rings. The molecule has 0 saturated heterocycles. The third-order valence-electron chi connectivity index (χ3n) is 4.66. The Labute approximate surface area is 135 Å². The number of fused-ring (bicyclic) bond motifs is 5. The smallest absolute Gasteiger partial charge is 0.151 e. The third kappa shape index (κ3) is 1.69. The van der Waals surface area contributed by atoms with Crippen molar-refractivity contribution in [2.24, 2.45) is 5.41 Å². The lowest BCUT2D eigenvalue weighted by Gasteiger charge is -2.25. The van der Waals surface area contributed by atoms with Gasteiger partial charge in [0.2, 0.25) is 0 Å². The summed E-state index contributed by atoms with van der Waals surface area (Å²) in [6.07, 6.45) is 6.73. The maximum Gasteiger partial charge on any atom is 0.151 e. The number of para-hydroxylation sites is 3. The Morgan fingerprint density at radius 2 is 1.74 bits per heavy atom. The molecule has 2 heteroatoms. The Kier molecular flexibility index (Phi) is 2.31. The fourth-order valence-electron chi connectivity index (χ4n) is 3.60. The summed E-state index contributed by atoms with van der Waals surface area (Å²) in [4.78, 5) is 0. The predicted octanol–water partition coefficient (Wildman–Crippen LogP) is 5.42. The van der Waals surface area contributed by atoms with Gasteiger partial charge < -0.3 is 9.30 Å². The van der Waals surface area contributed by atoms with Gasteiger partial charge in [-0.2, -0.15) is 0 Å². The molecule has 0 N–H and O–H groups in total. The molecular weight excluding hydrogens is 282 g/mol. The van der Waals surface area contributed by atoms with Crippen molar-refractivity contribution < 1.29 is 4.74 Å². The van der Waals surface area contributed by atoms with Gasteiger partial charge in [0.25, 0.3) is 0 Å². The molecule has 2 heterocycles. The molecule has 0 amide bonds. The molecule has 112 valence electrons. The Hall–Kier alpha value is -2.74. The van der Waals surface area contributed by atoms with E-state index in [1.54, 1.807) is 0 Å². The second-order valence-electron chi connectivity index (χ2n) is 6.85. The zero-order valence-electron chi connectivity index (χ0n) is 13.2. The van der Waals surface area contributed by atoms with E-state index in [9.17, 15) is 0 Å². The highest BCUT2D eigenvalue weighted by atomic mass is 16.5. The van der Waals surface area contributed by atoms with Crippen LogP contribution in [0.15, 0.2) is 60.7 Å². The van der Waals surface area contributed by atoms with Crippen LogP contribution < -0.4 is 4.74 Å². The van der Waals surface area contributed by atoms with E-state index in [1.165, 1.54) is 16.5 Å². The second-order valence-corrected chi connectivity index (χ2v) is 6.85. The van der Waals surface area contributed by atoms with Crippen molar-refractivity contribution in [1.82, 2.24) is 4.57 Å². The molecule has 0 atom stereocenters. The van der Waals surface area contributed by atoms with Crippen LogP contribution in [-0.2, 0) is 0 Å². The molecule has 2 aromatic carbocycles. The highest BCUT2D eigenvalue weighted by Crippen LogP contribution is 2.45. The number of rotatable bonds is 0. The summed E-state index contributed by atoms with van der Waals surface area (Å²) in [5.41, 5.74) is 4.70. The summed E-state index contributed by atoms with van der Waals surface area (Å²) in [6, 6.07) is 16.8. The minimum Gasteiger partial charge on any atom is -0.453 e. The fourth-order valence-corrected chi connectivity index (χ4v) is 3.60. The molecule has 2 aliphatic rings. The van der Waals surface area contributed by atoms with Crippen LogP contribution in [0.3, 0.4) is 0 Å². The van der Waals surface area contributed by atoms with Crippen molar-refractivity contribution in [2.75, 3.05) is 0 Å². The molecule has 1 aliphatic carbocycles. The molecule has 0 bridgehead atoms. The topological polar surface area (TPSA) is 14.2 Å². The van der Waals surface area contributed by atoms with E-state index in [4.69, 9.17) is 4.74 Å². The van der Waals surface area contributed by atoms with Gasteiger partial charge in [0.15, 0.2) is 5.75 Å². The molecule has 0 saturated carbocycles. The standard InChI is InChI=1S/C21H17NO/c1-21(2)12-11-15-14-7-3-4-8-16(14)22-17-9-5-6-10-18(17)23-19(13-21)20(15)22/h3-13H,1-2H3. The molecule has 0 spiro atoms. The van der Waals surface area contributed by atoms with Crippen molar-refractivity contribution in [3.8, 4) is 11.4 Å². The summed E-state index contributed by atoms with van der Waals surface area (Å²) >= 11 is 0. The zero-order valence-corrected chi connectivity index (χ0v) is 13.2. The Bertz CT molecular complexity index is 1020. The van der Waals surface area contributed by atoms with E-state index >= 15 is 0 Å². The van der Waals surface area contributed by atoms with E-state index < -0.39 is 0 Å². The van der Waals surface area contributed by atoms with Crippen LogP contribution in [0, 0.1) is 5.41 Å². The molecule has 1 aliphatic heterocycles.